The van der Waals surface area contributed by atoms with Crippen molar-refractivity contribution in [3.63, 3.8) is 0 Å². The molecule has 2 heterocycles. The summed E-state index contributed by atoms with van der Waals surface area (Å²) in [6.07, 6.45) is 2.47. The minimum atomic E-state index is 0.394. The van der Waals surface area contributed by atoms with E-state index < -0.39 is 0 Å². The molecule has 1 saturated heterocycles. The number of nitrogens with zero attached hydrogens (tertiary/aromatic N) is 1. The van der Waals surface area contributed by atoms with Gasteiger partial charge in [-0.3, -0.25) is 0 Å². The van der Waals surface area contributed by atoms with E-state index in [0.717, 1.165) is 19.6 Å². The zero-order valence-electron chi connectivity index (χ0n) is 9.00. The van der Waals surface area contributed by atoms with E-state index in [-0.39, 0.29) is 0 Å². The van der Waals surface area contributed by atoms with E-state index in [2.05, 4.69) is 41.5 Å². The number of benzene rings is 1. The minimum absolute atomic E-state index is 0.394. The Hall–Kier alpha value is -1.02. The molecule has 1 radical (unpaired) electrons. The van der Waals surface area contributed by atoms with Gasteiger partial charge in [-0.1, -0.05) is 18.2 Å². The first-order chi connectivity index (χ1) is 7.30. The van der Waals surface area contributed by atoms with Crippen LogP contribution in [0.25, 0.3) is 0 Å². The first-order valence-electron chi connectivity index (χ1n) is 5.69. The molecule has 1 spiro atoms. The highest BCUT2D eigenvalue weighted by Crippen LogP contribution is 2.43. The summed E-state index contributed by atoms with van der Waals surface area (Å²) in [6, 6.07) is 8.75. The van der Waals surface area contributed by atoms with Crippen molar-refractivity contribution >= 4 is 5.69 Å². The second-order valence-corrected chi connectivity index (χ2v) is 4.80. The van der Waals surface area contributed by atoms with E-state index in [9.17, 15) is 0 Å². The predicted molar refractivity (Wildman–Crippen MR) is 62.8 cm³/mol. The Kier molecular flexibility index (Phi) is 1.99. The first kappa shape index (κ1) is 9.22. The van der Waals surface area contributed by atoms with Gasteiger partial charge in [0.25, 0.3) is 0 Å². The number of nitrogens with one attached hydrogen (secondary N) is 1. The number of rotatable bonds is 0. The fourth-order valence-corrected chi connectivity index (χ4v) is 2.89. The third-order valence-electron chi connectivity index (χ3n) is 3.93. The van der Waals surface area contributed by atoms with Gasteiger partial charge in [0.1, 0.15) is 0 Å². The normalized spacial score (nSPS) is 23.8. The summed E-state index contributed by atoms with van der Waals surface area (Å²) in [4.78, 5) is 2.19. The van der Waals surface area contributed by atoms with Crippen molar-refractivity contribution in [1.82, 2.24) is 4.90 Å². The van der Waals surface area contributed by atoms with Gasteiger partial charge in [-0.25, -0.2) is 0 Å². The van der Waals surface area contributed by atoms with Crippen LogP contribution in [0.2, 0.25) is 0 Å². The van der Waals surface area contributed by atoms with E-state index in [1.807, 2.05) is 0 Å². The number of anilines is 1. The van der Waals surface area contributed by atoms with Crippen LogP contribution in [0, 0.1) is 7.05 Å². The van der Waals surface area contributed by atoms with E-state index >= 15 is 0 Å². The van der Waals surface area contributed by atoms with Crippen LogP contribution in [0.5, 0.6) is 0 Å². The van der Waals surface area contributed by atoms with Crippen LogP contribution in [0.15, 0.2) is 24.3 Å². The van der Waals surface area contributed by atoms with Crippen molar-refractivity contribution in [3.05, 3.63) is 36.9 Å². The van der Waals surface area contributed by atoms with E-state index in [1.54, 1.807) is 0 Å². The summed E-state index contributed by atoms with van der Waals surface area (Å²) in [7, 11) is 4.02. The van der Waals surface area contributed by atoms with Gasteiger partial charge in [-0.05, 0) is 37.6 Å². The lowest BCUT2D eigenvalue weighted by Gasteiger charge is -2.37. The Labute approximate surface area is 91.3 Å². The van der Waals surface area contributed by atoms with E-state index in [4.69, 9.17) is 0 Å². The molecule has 1 fully saturated rings. The lowest BCUT2D eigenvalue weighted by molar-refractivity contribution is 0.218. The van der Waals surface area contributed by atoms with Crippen LogP contribution >= 0.6 is 0 Å². The highest BCUT2D eigenvalue weighted by atomic mass is 15.1. The Morgan fingerprint density at radius 1 is 1.20 bits per heavy atom. The molecule has 1 aromatic rings. The van der Waals surface area contributed by atoms with Gasteiger partial charge in [0.2, 0.25) is 0 Å². The smallest absolute Gasteiger partial charge is 0.0379 e. The van der Waals surface area contributed by atoms with Crippen molar-refractivity contribution in [1.29, 1.82) is 0 Å². The van der Waals surface area contributed by atoms with Gasteiger partial charge in [0.15, 0.2) is 0 Å². The molecule has 1 aromatic carbocycles. The summed E-state index contributed by atoms with van der Waals surface area (Å²) in [5, 5.41) is 3.54. The molecular formula is C13H17N2. The standard InChI is InChI=1S/C13H17N2/c1-15-8-6-13(7-9-15)10-14-12-5-3-2-4-11(12)13/h2-5,14H,1,6-10H2. The largest absolute Gasteiger partial charge is 0.384 e. The van der Waals surface area contributed by atoms with Gasteiger partial charge < -0.3 is 10.2 Å². The predicted octanol–water partition coefficient (Wildman–Crippen LogP) is 2.24. The Bertz CT molecular complexity index is 365. The molecule has 0 atom stereocenters. The lowest BCUT2D eigenvalue weighted by Crippen LogP contribution is -2.41. The Morgan fingerprint density at radius 3 is 2.73 bits per heavy atom. The van der Waals surface area contributed by atoms with Crippen LogP contribution in [-0.4, -0.2) is 24.5 Å². The van der Waals surface area contributed by atoms with Gasteiger partial charge in [0.05, 0.1) is 0 Å². The number of hydrogen-bond donors (Lipinski definition) is 1. The van der Waals surface area contributed by atoms with E-state index in [1.165, 1.54) is 24.1 Å². The van der Waals surface area contributed by atoms with Gasteiger partial charge in [-0.15, -0.1) is 0 Å². The van der Waals surface area contributed by atoms with Gasteiger partial charge in [0, 0.05) is 24.7 Å². The maximum Gasteiger partial charge on any atom is 0.0379 e. The molecule has 0 aromatic heterocycles. The maximum atomic E-state index is 4.02. The Balaban J connectivity index is 1.95. The molecule has 0 bridgehead atoms. The van der Waals surface area contributed by atoms with Crippen molar-refractivity contribution in [2.45, 2.75) is 18.3 Å². The fourth-order valence-electron chi connectivity index (χ4n) is 2.89. The first-order valence-corrected chi connectivity index (χ1v) is 5.69. The van der Waals surface area contributed by atoms with Crippen LogP contribution in [0.4, 0.5) is 5.69 Å². The highest BCUT2D eigenvalue weighted by molar-refractivity contribution is 5.60. The average molecular weight is 201 g/mol. The molecule has 0 unspecified atom stereocenters. The molecule has 0 aliphatic carbocycles. The third-order valence-corrected chi connectivity index (χ3v) is 3.93. The zero-order chi connectivity index (χ0) is 10.3. The second kappa shape index (κ2) is 3.24. The summed E-state index contributed by atoms with van der Waals surface area (Å²) in [5.74, 6) is 0. The molecule has 0 saturated carbocycles. The number of piperidine rings is 1. The number of fused-ring (bicyclic) bond motifs is 2. The summed E-state index contributed by atoms with van der Waals surface area (Å²) >= 11 is 0. The molecule has 2 nitrogen and oxygen atoms in total. The van der Waals surface area contributed by atoms with Crippen molar-refractivity contribution < 1.29 is 0 Å². The van der Waals surface area contributed by atoms with Crippen LogP contribution in [0.3, 0.4) is 0 Å². The fraction of sp³-hybridized carbons (Fsp3) is 0.462. The number of para-hydroxylation sites is 1. The summed E-state index contributed by atoms with van der Waals surface area (Å²) in [5.41, 5.74) is 3.26. The average Bonchev–Trinajstić information content (AvgIpc) is 2.63. The van der Waals surface area contributed by atoms with Gasteiger partial charge in [-0.2, -0.15) is 0 Å². The van der Waals surface area contributed by atoms with Crippen molar-refractivity contribution in [2.75, 3.05) is 25.0 Å². The van der Waals surface area contributed by atoms with Crippen LogP contribution in [0.1, 0.15) is 18.4 Å². The van der Waals surface area contributed by atoms with Crippen LogP contribution < -0.4 is 5.32 Å². The Morgan fingerprint density at radius 2 is 1.93 bits per heavy atom. The van der Waals surface area contributed by atoms with E-state index in [0.29, 0.717) is 5.41 Å². The molecule has 2 aliphatic heterocycles. The summed E-state index contributed by atoms with van der Waals surface area (Å²) < 4.78 is 0. The van der Waals surface area contributed by atoms with Crippen LogP contribution in [-0.2, 0) is 5.41 Å². The highest BCUT2D eigenvalue weighted by Gasteiger charge is 2.40. The molecule has 1 N–H and O–H groups in total. The molecule has 2 aliphatic rings. The monoisotopic (exact) mass is 201 g/mol. The number of hydrogen-bond acceptors (Lipinski definition) is 2. The third kappa shape index (κ3) is 1.36. The SMILES string of the molecule is [CH2]N1CCC2(CC1)CNc1ccccc12. The number of likely N-dealkylation sites (tertiary alicyclic amines) is 1. The topological polar surface area (TPSA) is 15.3 Å². The van der Waals surface area contributed by atoms with Gasteiger partial charge >= 0.3 is 0 Å². The van der Waals surface area contributed by atoms with Crippen molar-refractivity contribution in [3.8, 4) is 0 Å². The maximum absolute atomic E-state index is 4.02. The lowest BCUT2D eigenvalue weighted by atomic mass is 9.74. The van der Waals surface area contributed by atoms with Crippen molar-refractivity contribution in [2.24, 2.45) is 0 Å². The molecular weight excluding hydrogens is 184 g/mol. The molecule has 2 heteroatoms. The molecule has 15 heavy (non-hydrogen) atoms. The molecule has 0 amide bonds. The molecule has 79 valence electrons. The summed E-state index contributed by atoms with van der Waals surface area (Å²) in [6.45, 7) is 3.35. The molecule has 3 rings (SSSR count). The zero-order valence-corrected chi connectivity index (χ0v) is 9.00. The second-order valence-electron chi connectivity index (χ2n) is 4.80. The quantitative estimate of drug-likeness (QED) is 0.692. The minimum Gasteiger partial charge on any atom is -0.384 e.